The molecule has 2 aromatic rings. The summed E-state index contributed by atoms with van der Waals surface area (Å²) >= 11 is 0. The van der Waals surface area contributed by atoms with Crippen molar-refractivity contribution in [3.05, 3.63) is 42.0 Å². The first-order valence-corrected chi connectivity index (χ1v) is 5.58. The molecule has 16 heavy (non-hydrogen) atoms. The lowest BCUT2D eigenvalue weighted by Crippen LogP contribution is -2.18. The van der Waals surface area contributed by atoms with E-state index >= 15 is 0 Å². The highest BCUT2D eigenvalue weighted by Crippen LogP contribution is 2.43. The van der Waals surface area contributed by atoms with Crippen LogP contribution in [0.25, 0.3) is 10.8 Å². The molecule has 0 unspecified atom stereocenters. The summed E-state index contributed by atoms with van der Waals surface area (Å²) in [6.07, 6.45) is 2.21. The van der Waals surface area contributed by atoms with Gasteiger partial charge in [-0.25, -0.2) is 0 Å². The van der Waals surface area contributed by atoms with Gasteiger partial charge >= 0.3 is 0 Å². The molecule has 0 radical (unpaired) electrons. The highest BCUT2D eigenvalue weighted by atomic mass is 16.5. The maximum Gasteiger partial charge on any atom is 0.119 e. The van der Waals surface area contributed by atoms with Gasteiger partial charge in [-0.15, -0.1) is 0 Å². The number of nitrogens with two attached hydrogens (primary N) is 1. The highest BCUT2D eigenvalue weighted by Gasteiger charge is 2.39. The summed E-state index contributed by atoms with van der Waals surface area (Å²) in [4.78, 5) is 0. The molecule has 0 aliphatic heterocycles. The van der Waals surface area contributed by atoms with E-state index in [1.54, 1.807) is 7.11 Å². The van der Waals surface area contributed by atoms with Gasteiger partial charge in [0.25, 0.3) is 0 Å². The quantitative estimate of drug-likeness (QED) is 0.832. The number of hydrogen-bond donors (Lipinski definition) is 1. The van der Waals surface area contributed by atoms with Gasteiger partial charge in [-0.3, -0.25) is 0 Å². The zero-order valence-electron chi connectivity index (χ0n) is 9.36. The molecule has 2 nitrogen and oxygen atoms in total. The Bertz CT molecular complexity index is 543. The fourth-order valence-corrected chi connectivity index (χ4v) is 2.08. The summed E-state index contributed by atoms with van der Waals surface area (Å²) < 4.78 is 5.21. The van der Waals surface area contributed by atoms with Gasteiger partial charge in [0.05, 0.1) is 7.11 Å². The Morgan fingerprint density at radius 1 is 1.06 bits per heavy atom. The number of rotatable bonds is 2. The van der Waals surface area contributed by atoms with E-state index in [0.29, 0.717) is 0 Å². The first kappa shape index (κ1) is 9.67. The molecule has 0 spiro atoms. The Hall–Kier alpha value is -1.54. The van der Waals surface area contributed by atoms with E-state index in [1.807, 2.05) is 6.07 Å². The molecule has 1 aliphatic rings. The van der Waals surface area contributed by atoms with Gasteiger partial charge in [0.2, 0.25) is 0 Å². The summed E-state index contributed by atoms with van der Waals surface area (Å²) in [5, 5.41) is 2.43. The van der Waals surface area contributed by atoms with E-state index in [-0.39, 0.29) is 5.54 Å². The first-order valence-electron chi connectivity index (χ1n) is 5.58. The van der Waals surface area contributed by atoms with E-state index in [1.165, 1.54) is 16.3 Å². The van der Waals surface area contributed by atoms with E-state index in [9.17, 15) is 0 Å². The third kappa shape index (κ3) is 1.46. The van der Waals surface area contributed by atoms with Crippen molar-refractivity contribution in [2.75, 3.05) is 7.11 Å². The predicted molar refractivity (Wildman–Crippen MR) is 65.6 cm³/mol. The van der Waals surface area contributed by atoms with Crippen molar-refractivity contribution in [2.24, 2.45) is 5.73 Å². The van der Waals surface area contributed by atoms with Crippen LogP contribution in [-0.2, 0) is 5.54 Å². The molecule has 1 saturated carbocycles. The first-order chi connectivity index (χ1) is 7.71. The number of methoxy groups -OCH3 is 1. The van der Waals surface area contributed by atoms with Gasteiger partial charge < -0.3 is 10.5 Å². The Morgan fingerprint density at radius 2 is 1.75 bits per heavy atom. The van der Waals surface area contributed by atoms with Crippen LogP contribution in [0.3, 0.4) is 0 Å². The Labute approximate surface area is 95.0 Å². The van der Waals surface area contributed by atoms with E-state index in [0.717, 1.165) is 18.6 Å². The van der Waals surface area contributed by atoms with Gasteiger partial charge in [-0.1, -0.05) is 18.2 Å². The molecule has 0 amide bonds. The molecule has 0 atom stereocenters. The summed E-state index contributed by atoms with van der Waals surface area (Å²) in [6.45, 7) is 0. The Kier molecular flexibility index (Phi) is 1.95. The fourth-order valence-electron chi connectivity index (χ4n) is 2.08. The van der Waals surface area contributed by atoms with Crippen LogP contribution in [0.5, 0.6) is 5.75 Å². The zero-order valence-corrected chi connectivity index (χ0v) is 9.36. The van der Waals surface area contributed by atoms with Crippen LogP contribution in [0.2, 0.25) is 0 Å². The topological polar surface area (TPSA) is 35.2 Å². The molecule has 1 fully saturated rings. The minimum atomic E-state index is -0.0475. The number of ether oxygens (including phenoxy) is 1. The molecule has 82 valence electrons. The van der Waals surface area contributed by atoms with Gasteiger partial charge in [0, 0.05) is 5.54 Å². The molecule has 2 heteroatoms. The predicted octanol–water partition coefficient (Wildman–Crippen LogP) is 2.80. The van der Waals surface area contributed by atoms with Gasteiger partial charge in [-0.05, 0) is 47.4 Å². The van der Waals surface area contributed by atoms with Gasteiger partial charge in [0.15, 0.2) is 0 Å². The molecule has 0 saturated heterocycles. The lowest BCUT2D eigenvalue weighted by atomic mass is 10.0. The van der Waals surface area contributed by atoms with Crippen molar-refractivity contribution >= 4 is 10.8 Å². The highest BCUT2D eigenvalue weighted by molar-refractivity contribution is 5.84. The molecular weight excluding hydrogens is 198 g/mol. The second-order valence-electron chi connectivity index (χ2n) is 4.58. The van der Waals surface area contributed by atoms with Crippen molar-refractivity contribution in [1.82, 2.24) is 0 Å². The summed E-state index contributed by atoms with van der Waals surface area (Å²) in [5.74, 6) is 0.897. The summed E-state index contributed by atoms with van der Waals surface area (Å²) in [7, 11) is 1.69. The third-order valence-electron chi connectivity index (χ3n) is 3.41. The van der Waals surface area contributed by atoms with Crippen LogP contribution in [0, 0.1) is 0 Å². The van der Waals surface area contributed by atoms with Gasteiger partial charge in [-0.2, -0.15) is 0 Å². The van der Waals surface area contributed by atoms with Crippen molar-refractivity contribution in [1.29, 1.82) is 0 Å². The molecule has 1 aliphatic carbocycles. The number of benzene rings is 2. The largest absolute Gasteiger partial charge is 0.497 e. The number of fused-ring (bicyclic) bond motifs is 1. The van der Waals surface area contributed by atoms with Crippen molar-refractivity contribution in [2.45, 2.75) is 18.4 Å². The average molecular weight is 213 g/mol. The smallest absolute Gasteiger partial charge is 0.119 e. The van der Waals surface area contributed by atoms with Crippen LogP contribution in [0.1, 0.15) is 18.4 Å². The average Bonchev–Trinajstić information content (AvgIpc) is 3.07. The molecule has 2 aromatic carbocycles. The minimum absolute atomic E-state index is 0.0475. The second-order valence-corrected chi connectivity index (χ2v) is 4.58. The summed E-state index contributed by atoms with van der Waals surface area (Å²) in [6, 6.07) is 12.6. The van der Waals surface area contributed by atoms with Crippen molar-refractivity contribution in [3.63, 3.8) is 0 Å². The second kappa shape index (κ2) is 3.22. The van der Waals surface area contributed by atoms with Crippen LogP contribution in [-0.4, -0.2) is 7.11 Å². The van der Waals surface area contributed by atoms with E-state index < -0.39 is 0 Å². The zero-order chi connectivity index (χ0) is 11.2. The Morgan fingerprint density at radius 3 is 2.44 bits per heavy atom. The molecule has 0 heterocycles. The normalized spacial score (nSPS) is 17.4. The van der Waals surface area contributed by atoms with Crippen LogP contribution in [0.15, 0.2) is 36.4 Å². The standard InChI is InChI=1S/C14H15NO/c1-16-13-5-3-10-8-12(14(15)6-7-14)4-2-11(10)9-13/h2-5,8-9H,6-7,15H2,1H3. The lowest BCUT2D eigenvalue weighted by Gasteiger charge is -2.10. The van der Waals surface area contributed by atoms with Crippen LogP contribution >= 0.6 is 0 Å². The van der Waals surface area contributed by atoms with E-state index in [2.05, 4.69) is 30.3 Å². The van der Waals surface area contributed by atoms with E-state index in [4.69, 9.17) is 10.5 Å². The van der Waals surface area contributed by atoms with Crippen molar-refractivity contribution in [3.8, 4) is 5.75 Å². The molecular formula is C14H15NO. The third-order valence-corrected chi connectivity index (χ3v) is 3.41. The fraction of sp³-hybridized carbons (Fsp3) is 0.286. The van der Waals surface area contributed by atoms with Crippen LogP contribution < -0.4 is 10.5 Å². The molecule has 2 N–H and O–H groups in total. The summed E-state index contributed by atoms with van der Waals surface area (Å²) in [5.41, 5.74) is 7.40. The Balaban J connectivity index is 2.12. The SMILES string of the molecule is COc1ccc2cc(C3(N)CC3)ccc2c1. The number of hydrogen-bond acceptors (Lipinski definition) is 2. The monoisotopic (exact) mass is 213 g/mol. The molecule has 0 aromatic heterocycles. The molecule has 3 rings (SSSR count). The van der Waals surface area contributed by atoms with Crippen LogP contribution in [0.4, 0.5) is 0 Å². The van der Waals surface area contributed by atoms with Gasteiger partial charge in [0.1, 0.15) is 5.75 Å². The maximum atomic E-state index is 6.19. The minimum Gasteiger partial charge on any atom is -0.497 e. The maximum absolute atomic E-state index is 6.19. The lowest BCUT2D eigenvalue weighted by molar-refractivity contribution is 0.415. The molecule has 0 bridgehead atoms. The van der Waals surface area contributed by atoms with Crippen molar-refractivity contribution < 1.29 is 4.74 Å².